The van der Waals surface area contributed by atoms with E-state index in [2.05, 4.69) is 6.07 Å². The molecule has 0 aromatic heterocycles. The number of carbonyl (C=O) groups is 1. The molecule has 3 nitrogen and oxygen atoms in total. The van der Waals surface area contributed by atoms with Crippen molar-refractivity contribution < 1.29 is 9.90 Å². The first-order valence-electron chi connectivity index (χ1n) is 8.38. The summed E-state index contributed by atoms with van der Waals surface area (Å²) < 4.78 is 0. The molecule has 0 atom stereocenters. The standard InChI is InChI=1S/C22H25NO2/c1-21(2,3)17-11-16(12-18(20(17)25)22(4,5)6)19(24)15-9-7-14(13-23)8-10-15/h7-12,25H,1-6H3. The number of nitriles is 1. The van der Waals surface area contributed by atoms with Crippen molar-refractivity contribution >= 4 is 5.78 Å². The molecule has 2 aromatic rings. The quantitative estimate of drug-likeness (QED) is 0.778. The summed E-state index contributed by atoms with van der Waals surface area (Å²) in [6.45, 7) is 12.1. The number of hydrogen-bond donors (Lipinski definition) is 1. The second-order valence-electron chi connectivity index (χ2n) is 8.44. The van der Waals surface area contributed by atoms with E-state index in [9.17, 15) is 9.90 Å². The number of aromatic hydroxyl groups is 1. The van der Waals surface area contributed by atoms with E-state index in [1.165, 1.54) is 0 Å². The van der Waals surface area contributed by atoms with E-state index in [4.69, 9.17) is 5.26 Å². The van der Waals surface area contributed by atoms with Gasteiger partial charge in [-0.1, -0.05) is 41.5 Å². The fraction of sp³-hybridized carbons (Fsp3) is 0.364. The van der Waals surface area contributed by atoms with E-state index in [0.29, 0.717) is 16.7 Å². The maximum absolute atomic E-state index is 13.0. The fourth-order valence-electron chi connectivity index (χ4n) is 2.77. The second kappa shape index (κ2) is 6.37. The lowest BCUT2D eigenvalue weighted by Gasteiger charge is -2.28. The second-order valence-corrected chi connectivity index (χ2v) is 8.44. The Morgan fingerprint density at radius 1 is 0.880 bits per heavy atom. The van der Waals surface area contributed by atoms with Crippen molar-refractivity contribution in [3.63, 3.8) is 0 Å². The third-order valence-electron chi connectivity index (χ3n) is 4.26. The van der Waals surface area contributed by atoms with Gasteiger partial charge in [-0.2, -0.15) is 5.26 Å². The Balaban J connectivity index is 2.64. The van der Waals surface area contributed by atoms with Gasteiger partial charge < -0.3 is 5.11 Å². The minimum Gasteiger partial charge on any atom is -0.507 e. The Bertz CT molecular complexity index is 807. The predicted molar refractivity (Wildman–Crippen MR) is 100 cm³/mol. The van der Waals surface area contributed by atoms with Gasteiger partial charge in [0, 0.05) is 22.3 Å². The van der Waals surface area contributed by atoms with Crippen LogP contribution in [0.25, 0.3) is 0 Å². The molecule has 1 N–H and O–H groups in total. The van der Waals surface area contributed by atoms with Gasteiger partial charge in [-0.15, -0.1) is 0 Å². The van der Waals surface area contributed by atoms with Crippen molar-refractivity contribution in [3.05, 3.63) is 64.2 Å². The van der Waals surface area contributed by atoms with Crippen LogP contribution in [0, 0.1) is 11.3 Å². The molecular formula is C22H25NO2. The number of carbonyl (C=O) groups excluding carboxylic acids is 1. The molecule has 0 unspecified atom stereocenters. The van der Waals surface area contributed by atoms with Gasteiger partial charge >= 0.3 is 0 Å². The molecule has 0 aliphatic carbocycles. The first kappa shape index (κ1) is 18.7. The average Bonchev–Trinajstić information content (AvgIpc) is 2.52. The SMILES string of the molecule is CC(C)(C)c1cc(C(=O)c2ccc(C#N)cc2)cc(C(C)(C)C)c1O. The van der Waals surface area contributed by atoms with Crippen molar-refractivity contribution in [2.75, 3.05) is 0 Å². The van der Waals surface area contributed by atoms with E-state index >= 15 is 0 Å². The normalized spacial score (nSPS) is 11.9. The van der Waals surface area contributed by atoms with Gasteiger partial charge in [0.15, 0.2) is 5.78 Å². The summed E-state index contributed by atoms with van der Waals surface area (Å²) in [6, 6.07) is 12.2. The predicted octanol–water partition coefficient (Wildman–Crippen LogP) is 5.09. The summed E-state index contributed by atoms with van der Waals surface area (Å²) in [6.07, 6.45) is 0. The van der Waals surface area contributed by atoms with Crippen molar-refractivity contribution in [1.82, 2.24) is 0 Å². The van der Waals surface area contributed by atoms with Crippen LogP contribution in [0.3, 0.4) is 0 Å². The van der Waals surface area contributed by atoms with Gasteiger partial charge in [0.2, 0.25) is 0 Å². The average molecular weight is 335 g/mol. The maximum atomic E-state index is 13.0. The van der Waals surface area contributed by atoms with Crippen LogP contribution in [0.5, 0.6) is 5.75 Å². The zero-order valence-electron chi connectivity index (χ0n) is 15.8. The largest absolute Gasteiger partial charge is 0.507 e. The smallest absolute Gasteiger partial charge is 0.193 e. The fourth-order valence-corrected chi connectivity index (χ4v) is 2.77. The Labute approximate surface area is 149 Å². The third-order valence-corrected chi connectivity index (χ3v) is 4.26. The number of ketones is 1. The molecule has 0 bridgehead atoms. The zero-order valence-corrected chi connectivity index (χ0v) is 15.8. The van der Waals surface area contributed by atoms with Crippen molar-refractivity contribution in [2.24, 2.45) is 0 Å². The molecule has 0 saturated carbocycles. The molecule has 0 amide bonds. The van der Waals surface area contributed by atoms with Crippen LogP contribution in [-0.4, -0.2) is 10.9 Å². The Morgan fingerprint density at radius 3 is 1.68 bits per heavy atom. The molecule has 25 heavy (non-hydrogen) atoms. The highest BCUT2D eigenvalue weighted by Gasteiger charge is 2.28. The number of rotatable bonds is 2. The number of phenols is 1. The minimum absolute atomic E-state index is 0.111. The van der Waals surface area contributed by atoms with Crippen molar-refractivity contribution in [2.45, 2.75) is 52.4 Å². The van der Waals surface area contributed by atoms with Crippen LogP contribution < -0.4 is 0 Å². The highest BCUT2D eigenvalue weighted by molar-refractivity contribution is 6.09. The molecule has 0 aliphatic heterocycles. The van der Waals surface area contributed by atoms with Crippen molar-refractivity contribution in [3.8, 4) is 11.8 Å². The summed E-state index contributed by atoms with van der Waals surface area (Å²) in [7, 11) is 0. The minimum atomic E-state index is -0.287. The first-order chi connectivity index (χ1) is 11.4. The Kier molecular flexibility index (Phi) is 4.77. The maximum Gasteiger partial charge on any atom is 0.193 e. The molecule has 130 valence electrons. The molecule has 0 radical (unpaired) electrons. The van der Waals surface area contributed by atoms with E-state index in [-0.39, 0.29) is 22.4 Å². The van der Waals surface area contributed by atoms with E-state index in [0.717, 1.165) is 11.1 Å². The van der Waals surface area contributed by atoms with Crippen LogP contribution in [0.4, 0.5) is 0 Å². The molecule has 0 heterocycles. The van der Waals surface area contributed by atoms with Gasteiger partial charge in [0.25, 0.3) is 0 Å². The molecule has 2 rings (SSSR count). The first-order valence-corrected chi connectivity index (χ1v) is 8.38. The molecule has 0 saturated heterocycles. The lowest BCUT2D eigenvalue weighted by molar-refractivity contribution is 0.103. The van der Waals surface area contributed by atoms with Gasteiger partial charge in [-0.3, -0.25) is 4.79 Å². The molecule has 3 heteroatoms. The van der Waals surface area contributed by atoms with Gasteiger partial charge in [0.1, 0.15) is 5.75 Å². The van der Waals surface area contributed by atoms with Crippen LogP contribution >= 0.6 is 0 Å². The van der Waals surface area contributed by atoms with Gasteiger partial charge in [0.05, 0.1) is 11.6 Å². The summed E-state index contributed by atoms with van der Waals surface area (Å²) >= 11 is 0. The van der Waals surface area contributed by atoms with E-state index in [1.807, 2.05) is 41.5 Å². The lowest BCUT2D eigenvalue weighted by Crippen LogP contribution is -2.19. The Hall–Kier alpha value is -2.60. The third kappa shape index (κ3) is 3.91. The summed E-state index contributed by atoms with van der Waals surface area (Å²) in [4.78, 5) is 13.0. The van der Waals surface area contributed by atoms with Crippen LogP contribution in [0.15, 0.2) is 36.4 Å². The number of benzene rings is 2. The van der Waals surface area contributed by atoms with Gasteiger partial charge in [-0.25, -0.2) is 0 Å². The molecule has 2 aromatic carbocycles. The number of hydrogen-bond acceptors (Lipinski definition) is 3. The highest BCUT2D eigenvalue weighted by atomic mass is 16.3. The molecule has 0 aliphatic rings. The summed E-state index contributed by atoms with van der Waals surface area (Å²) in [5.74, 6) is 0.150. The molecule has 0 spiro atoms. The monoisotopic (exact) mass is 335 g/mol. The Morgan fingerprint density at radius 2 is 1.32 bits per heavy atom. The topological polar surface area (TPSA) is 61.1 Å². The van der Waals surface area contributed by atoms with Crippen LogP contribution in [-0.2, 0) is 10.8 Å². The van der Waals surface area contributed by atoms with E-state index < -0.39 is 0 Å². The lowest BCUT2D eigenvalue weighted by atomic mass is 9.77. The van der Waals surface area contributed by atoms with Crippen molar-refractivity contribution in [1.29, 1.82) is 5.26 Å². The molecular weight excluding hydrogens is 310 g/mol. The summed E-state index contributed by atoms with van der Waals surface area (Å²) in [5, 5.41) is 19.7. The zero-order chi connectivity index (χ0) is 19.0. The van der Waals surface area contributed by atoms with E-state index in [1.54, 1.807) is 36.4 Å². The van der Waals surface area contributed by atoms with Crippen LogP contribution in [0.1, 0.15) is 74.2 Å². The molecule has 0 fully saturated rings. The number of phenolic OH excluding ortho intramolecular Hbond substituents is 1. The highest BCUT2D eigenvalue weighted by Crippen LogP contribution is 2.40. The van der Waals surface area contributed by atoms with Crippen LogP contribution in [0.2, 0.25) is 0 Å². The van der Waals surface area contributed by atoms with Gasteiger partial charge in [-0.05, 0) is 47.2 Å². The number of nitrogens with zero attached hydrogens (tertiary/aromatic N) is 1. The summed E-state index contributed by atoms with van der Waals surface area (Å²) in [5.41, 5.74) is 2.56.